The van der Waals surface area contributed by atoms with Crippen molar-refractivity contribution in [3.05, 3.63) is 35.9 Å². The van der Waals surface area contributed by atoms with Gasteiger partial charge in [-0.3, -0.25) is 0 Å². The van der Waals surface area contributed by atoms with Gasteiger partial charge in [0.2, 0.25) is 0 Å². The van der Waals surface area contributed by atoms with Gasteiger partial charge in [-0.05, 0) is 18.0 Å². The van der Waals surface area contributed by atoms with Crippen molar-refractivity contribution < 1.29 is 0 Å². The van der Waals surface area contributed by atoms with Crippen LogP contribution >= 0.6 is 49.2 Å². The second kappa shape index (κ2) is 5.76. The van der Waals surface area contributed by atoms with E-state index in [2.05, 4.69) is 28.1 Å². The summed E-state index contributed by atoms with van der Waals surface area (Å²) in [5, 5.41) is 0. The Labute approximate surface area is 108 Å². The molecule has 0 aliphatic carbocycles. The first-order valence-corrected chi connectivity index (χ1v) is 10.4. The van der Waals surface area contributed by atoms with E-state index in [4.69, 9.17) is 33.2 Å². The normalized spacial score (nSPS) is 14.0. The third kappa shape index (κ3) is 5.03. The lowest BCUT2D eigenvalue weighted by molar-refractivity contribution is 0.904. The summed E-state index contributed by atoms with van der Waals surface area (Å²) in [4.78, 5) is 0.284. The molecule has 1 unspecified atom stereocenters. The van der Waals surface area contributed by atoms with E-state index in [9.17, 15) is 0 Å². The molecule has 0 aliphatic heterocycles. The van der Waals surface area contributed by atoms with Crippen LogP contribution in [0.3, 0.4) is 0 Å². The SMILES string of the molecule is Cl[Si](Cl)(Cl)CCC(Br)c1ccccc1. The zero-order chi connectivity index (χ0) is 10.6. The molecule has 1 atom stereocenters. The van der Waals surface area contributed by atoms with Crippen LogP contribution in [-0.4, -0.2) is 6.00 Å². The van der Waals surface area contributed by atoms with Gasteiger partial charge in [0.15, 0.2) is 0 Å². The van der Waals surface area contributed by atoms with E-state index >= 15 is 0 Å². The first kappa shape index (κ1) is 12.9. The van der Waals surface area contributed by atoms with Crippen molar-refractivity contribution >= 4 is 55.2 Å². The molecule has 14 heavy (non-hydrogen) atoms. The average molecular weight is 333 g/mol. The summed E-state index contributed by atoms with van der Waals surface area (Å²) in [5.41, 5.74) is 1.23. The minimum absolute atomic E-state index is 0.284. The molecule has 0 N–H and O–H groups in total. The Hall–Kier alpha value is 0.787. The summed E-state index contributed by atoms with van der Waals surface area (Å²) >= 11 is 21.0. The molecule has 0 saturated heterocycles. The molecule has 0 nitrogen and oxygen atoms in total. The molecule has 0 fully saturated rings. The van der Waals surface area contributed by atoms with Crippen molar-refractivity contribution in [1.82, 2.24) is 0 Å². The second-order valence-corrected chi connectivity index (χ2v) is 13.4. The summed E-state index contributed by atoms with van der Waals surface area (Å²) in [5.74, 6) is 0. The van der Waals surface area contributed by atoms with Crippen molar-refractivity contribution in [2.24, 2.45) is 0 Å². The number of hydrogen-bond donors (Lipinski definition) is 0. The first-order valence-electron chi connectivity index (χ1n) is 4.25. The van der Waals surface area contributed by atoms with Crippen molar-refractivity contribution in [3.8, 4) is 0 Å². The van der Waals surface area contributed by atoms with Gasteiger partial charge in [0.25, 0.3) is 0 Å². The zero-order valence-corrected chi connectivity index (χ0v) is 12.2. The maximum Gasteiger partial charge on any atom is 0.341 e. The van der Waals surface area contributed by atoms with Gasteiger partial charge < -0.3 is 0 Å². The van der Waals surface area contributed by atoms with Gasteiger partial charge in [-0.2, -0.15) is 0 Å². The Morgan fingerprint density at radius 2 is 1.71 bits per heavy atom. The van der Waals surface area contributed by atoms with Crippen molar-refractivity contribution in [3.63, 3.8) is 0 Å². The van der Waals surface area contributed by atoms with E-state index in [1.165, 1.54) is 5.56 Å². The highest BCUT2D eigenvalue weighted by Crippen LogP contribution is 2.34. The number of hydrogen-bond acceptors (Lipinski definition) is 0. The summed E-state index contributed by atoms with van der Waals surface area (Å²) in [6.07, 6.45) is 0.868. The molecule has 78 valence electrons. The fraction of sp³-hybridized carbons (Fsp3) is 0.333. The monoisotopic (exact) mass is 330 g/mol. The van der Waals surface area contributed by atoms with Gasteiger partial charge in [0, 0.05) is 4.83 Å². The van der Waals surface area contributed by atoms with Gasteiger partial charge in [-0.15, -0.1) is 33.2 Å². The molecule has 0 bridgehead atoms. The fourth-order valence-electron chi connectivity index (χ4n) is 1.12. The fourth-order valence-corrected chi connectivity index (χ4v) is 3.67. The molecular weight excluding hydrogens is 322 g/mol. The number of halogens is 4. The number of alkyl halides is 1. The van der Waals surface area contributed by atoms with E-state index in [1.54, 1.807) is 0 Å². The third-order valence-electron chi connectivity index (χ3n) is 1.84. The van der Waals surface area contributed by atoms with Gasteiger partial charge in [0.1, 0.15) is 0 Å². The first-order chi connectivity index (χ1) is 6.49. The lowest BCUT2D eigenvalue weighted by Crippen LogP contribution is -2.09. The molecule has 0 heterocycles. The van der Waals surface area contributed by atoms with Crippen molar-refractivity contribution in [1.29, 1.82) is 0 Å². The Bertz CT molecular complexity index is 273. The van der Waals surface area contributed by atoms with Crippen LogP contribution in [0.15, 0.2) is 30.3 Å². The summed E-state index contributed by atoms with van der Waals surface area (Å²) in [6, 6.07) is 8.37. The van der Waals surface area contributed by atoms with Crippen LogP contribution in [0.1, 0.15) is 16.8 Å². The smallest absolute Gasteiger partial charge is 0.126 e. The Balaban J connectivity index is 2.48. The van der Waals surface area contributed by atoms with Gasteiger partial charge in [-0.1, -0.05) is 46.3 Å². The van der Waals surface area contributed by atoms with Gasteiger partial charge >= 0.3 is 6.00 Å². The van der Waals surface area contributed by atoms with Crippen LogP contribution in [0.2, 0.25) is 6.04 Å². The highest BCUT2D eigenvalue weighted by atomic mass is 79.9. The van der Waals surface area contributed by atoms with E-state index in [1.807, 2.05) is 18.2 Å². The highest BCUT2D eigenvalue weighted by molar-refractivity contribution is 9.09. The summed E-state index contributed by atoms with van der Waals surface area (Å²) in [7, 11) is 0. The standard InChI is InChI=1S/C9H10BrCl3Si/c10-9(6-7-14(11,12)13)8-4-2-1-3-5-8/h1-5,9H,6-7H2. The van der Waals surface area contributed by atoms with Crippen LogP contribution in [0.25, 0.3) is 0 Å². The molecule has 0 saturated carbocycles. The number of benzene rings is 1. The third-order valence-corrected chi connectivity index (χ3v) is 5.39. The lowest BCUT2D eigenvalue weighted by atomic mass is 10.1. The minimum atomic E-state index is -2.47. The predicted octanol–water partition coefficient (Wildman–Crippen LogP) is 5.17. The maximum absolute atomic E-state index is 5.81. The molecule has 1 aromatic rings. The molecule has 1 rings (SSSR count). The Morgan fingerprint density at radius 1 is 1.14 bits per heavy atom. The Morgan fingerprint density at radius 3 is 2.21 bits per heavy atom. The summed E-state index contributed by atoms with van der Waals surface area (Å²) in [6.45, 7) is 0. The molecule has 1 aromatic carbocycles. The molecular formula is C9H10BrCl3Si. The van der Waals surface area contributed by atoms with Gasteiger partial charge in [-0.25, -0.2) is 0 Å². The second-order valence-electron chi connectivity index (χ2n) is 3.03. The molecule has 0 radical (unpaired) electrons. The quantitative estimate of drug-likeness (QED) is 0.405. The number of rotatable bonds is 4. The average Bonchev–Trinajstić information content (AvgIpc) is 2.14. The van der Waals surface area contributed by atoms with E-state index in [0.717, 1.165) is 6.42 Å². The van der Waals surface area contributed by atoms with Crippen LogP contribution < -0.4 is 0 Å². The summed E-state index contributed by atoms with van der Waals surface area (Å²) < 4.78 is 0. The maximum atomic E-state index is 5.81. The van der Waals surface area contributed by atoms with Crippen molar-refractivity contribution in [2.45, 2.75) is 17.3 Å². The highest BCUT2D eigenvalue weighted by Gasteiger charge is 2.25. The van der Waals surface area contributed by atoms with Crippen LogP contribution in [0, 0.1) is 0 Å². The minimum Gasteiger partial charge on any atom is -0.126 e. The molecule has 5 heteroatoms. The van der Waals surface area contributed by atoms with Crippen LogP contribution in [0.5, 0.6) is 0 Å². The zero-order valence-electron chi connectivity index (χ0n) is 7.39. The largest absolute Gasteiger partial charge is 0.341 e. The van der Waals surface area contributed by atoms with E-state index < -0.39 is 6.00 Å². The molecule has 0 amide bonds. The molecule has 0 spiro atoms. The van der Waals surface area contributed by atoms with E-state index in [-0.39, 0.29) is 4.83 Å². The van der Waals surface area contributed by atoms with Gasteiger partial charge in [0.05, 0.1) is 0 Å². The molecule has 0 aliphatic rings. The van der Waals surface area contributed by atoms with Crippen molar-refractivity contribution in [2.75, 3.05) is 0 Å². The van der Waals surface area contributed by atoms with Crippen LogP contribution in [0.4, 0.5) is 0 Å². The Kier molecular flexibility index (Phi) is 5.29. The predicted molar refractivity (Wildman–Crippen MR) is 70.8 cm³/mol. The lowest BCUT2D eigenvalue weighted by Gasteiger charge is -2.12. The van der Waals surface area contributed by atoms with E-state index in [0.29, 0.717) is 6.04 Å². The molecule has 0 aromatic heterocycles. The topological polar surface area (TPSA) is 0 Å². The van der Waals surface area contributed by atoms with Crippen LogP contribution in [-0.2, 0) is 0 Å².